The van der Waals surface area contributed by atoms with Crippen molar-refractivity contribution in [1.29, 1.82) is 0 Å². The molecule has 6 nitrogen and oxygen atoms in total. The van der Waals surface area contributed by atoms with Gasteiger partial charge in [-0.05, 0) is 18.1 Å². The molecule has 1 aliphatic heterocycles. The van der Waals surface area contributed by atoms with Crippen molar-refractivity contribution in [2.24, 2.45) is 0 Å². The molecule has 2 heterocycles. The molecule has 25 heavy (non-hydrogen) atoms. The topological polar surface area (TPSA) is 76.1 Å². The highest BCUT2D eigenvalue weighted by Gasteiger charge is 2.22. The number of rotatable bonds is 4. The molecule has 1 aliphatic rings. The summed E-state index contributed by atoms with van der Waals surface area (Å²) < 4.78 is 5.65. The second-order valence-electron chi connectivity index (χ2n) is 7.19. The molecular weight excluding hydrogens is 336 g/mol. The number of amides is 2. The summed E-state index contributed by atoms with van der Waals surface area (Å²) in [6, 6.07) is 7.83. The molecule has 1 aromatic carbocycles. The molecular formula is C18H24N4O2S. The van der Waals surface area contributed by atoms with E-state index in [1.807, 2.05) is 18.2 Å². The monoisotopic (exact) mass is 360 g/mol. The zero-order chi connectivity index (χ0) is 17.9. The maximum Gasteiger partial charge on any atom is 0.315 e. The van der Waals surface area contributed by atoms with E-state index in [1.54, 1.807) is 0 Å². The molecule has 0 saturated carbocycles. The van der Waals surface area contributed by atoms with Crippen LogP contribution in [0.3, 0.4) is 0 Å². The Morgan fingerprint density at radius 2 is 2.08 bits per heavy atom. The summed E-state index contributed by atoms with van der Waals surface area (Å²) in [5.41, 5.74) is 1.14. The molecule has 0 aliphatic carbocycles. The van der Waals surface area contributed by atoms with E-state index in [-0.39, 0.29) is 17.4 Å². The van der Waals surface area contributed by atoms with Gasteiger partial charge >= 0.3 is 6.03 Å². The molecule has 2 aromatic rings. The SMILES string of the molecule is CC(C)(C)c1nnc(CNC(=O)NCC2CCOc3ccccc32)s1. The lowest BCUT2D eigenvalue weighted by Gasteiger charge is -2.26. The van der Waals surface area contributed by atoms with E-state index in [4.69, 9.17) is 4.74 Å². The number of nitrogens with zero attached hydrogens (tertiary/aromatic N) is 2. The van der Waals surface area contributed by atoms with E-state index >= 15 is 0 Å². The standard InChI is InChI=1S/C18H24N4O2S/c1-18(2,3)16-22-21-15(25-16)11-20-17(23)19-10-12-8-9-24-14-7-5-4-6-13(12)14/h4-7,12H,8-11H2,1-3H3,(H2,19,20,23). The van der Waals surface area contributed by atoms with Crippen LogP contribution in [0, 0.1) is 0 Å². The van der Waals surface area contributed by atoms with E-state index in [9.17, 15) is 4.79 Å². The van der Waals surface area contributed by atoms with E-state index in [0.29, 0.717) is 19.7 Å². The lowest BCUT2D eigenvalue weighted by atomic mass is 9.93. The lowest BCUT2D eigenvalue weighted by molar-refractivity contribution is 0.235. The van der Waals surface area contributed by atoms with Crippen molar-refractivity contribution in [2.45, 2.75) is 45.1 Å². The summed E-state index contributed by atoms with van der Waals surface area (Å²) in [4.78, 5) is 12.1. The third kappa shape index (κ3) is 4.48. The van der Waals surface area contributed by atoms with Gasteiger partial charge < -0.3 is 15.4 Å². The zero-order valence-electron chi connectivity index (χ0n) is 14.8. The van der Waals surface area contributed by atoms with Crippen molar-refractivity contribution < 1.29 is 9.53 Å². The number of benzene rings is 1. The third-order valence-electron chi connectivity index (χ3n) is 4.10. The predicted molar refractivity (Wildman–Crippen MR) is 98.1 cm³/mol. The van der Waals surface area contributed by atoms with Gasteiger partial charge in [-0.25, -0.2) is 4.79 Å². The molecule has 0 fully saturated rings. The molecule has 2 N–H and O–H groups in total. The summed E-state index contributed by atoms with van der Waals surface area (Å²) in [5, 5.41) is 15.9. The largest absolute Gasteiger partial charge is 0.493 e. The van der Waals surface area contributed by atoms with E-state index in [1.165, 1.54) is 11.3 Å². The van der Waals surface area contributed by atoms with Gasteiger partial charge in [0.2, 0.25) is 0 Å². The number of nitrogens with one attached hydrogen (secondary N) is 2. The summed E-state index contributed by atoms with van der Waals surface area (Å²) in [5.74, 6) is 1.20. The third-order valence-corrected chi connectivity index (χ3v) is 5.45. The van der Waals surface area contributed by atoms with Gasteiger partial charge in [-0.3, -0.25) is 0 Å². The Bertz CT molecular complexity index is 739. The molecule has 2 amide bonds. The highest BCUT2D eigenvalue weighted by atomic mass is 32.1. The number of aromatic nitrogens is 2. The molecule has 0 saturated heterocycles. The van der Waals surface area contributed by atoms with Crippen LogP contribution in [0.5, 0.6) is 5.75 Å². The minimum Gasteiger partial charge on any atom is -0.493 e. The zero-order valence-corrected chi connectivity index (χ0v) is 15.7. The number of urea groups is 1. The van der Waals surface area contributed by atoms with Gasteiger partial charge in [0.25, 0.3) is 0 Å². The lowest BCUT2D eigenvalue weighted by Crippen LogP contribution is -2.38. The molecule has 134 valence electrons. The van der Waals surface area contributed by atoms with Crippen LogP contribution in [-0.2, 0) is 12.0 Å². The molecule has 0 bridgehead atoms. The summed E-state index contributed by atoms with van der Waals surface area (Å²) in [6.07, 6.45) is 0.905. The van der Waals surface area contributed by atoms with Gasteiger partial charge in [0.05, 0.1) is 13.2 Å². The van der Waals surface area contributed by atoms with E-state index < -0.39 is 0 Å². The number of hydrogen-bond acceptors (Lipinski definition) is 5. The van der Waals surface area contributed by atoms with Gasteiger partial charge in [0.15, 0.2) is 0 Å². The molecule has 3 rings (SSSR count). The van der Waals surface area contributed by atoms with Crippen LogP contribution in [0.4, 0.5) is 4.79 Å². The first kappa shape index (κ1) is 17.7. The fourth-order valence-corrected chi connectivity index (χ4v) is 3.53. The van der Waals surface area contributed by atoms with Crippen molar-refractivity contribution in [1.82, 2.24) is 20.8 Å². The maximum absolute atomic E-state index is 12.1. The number of ether oxygens (including phenoxy) is 1. The van der Waals surface area contributed by atoms with Crippen LogP contribution in [0.25, 0.3) is 0 Å². The van der Waals surface area contributed by atoms with Crippen LogP contribution in [-0.4, -0.2) is 29.4 Å². The number of hydrogen-bond donors (Lipinski definition) is 2. The molecule has 0 radical (unpaired) electrons. The van der Waals surface area contributed by atoms with Crippen LogP contribution in [0.2, 0.25) is 0 Å². The molecule has 7 heteroatoms. The van der Waals surface area contributed by atoms with Gasteiger partial charge in [-0.2, -0.15) is 0 Å². The Morgan fingerprint density at radius 3 is 2.84 bits per heavy atom. The fraction of sp³-hybridized carbons (Fsp3) is 0.500. The summed E-state index contributed by atoms with van der Waals surface area (Å²) in [7, 11) is 0. The van der Waals surface area contributed by atoms with Gasteiger partial charge in [0.1, 0.15) is 15.8 Å². The Hall–Kier alpha value is -2.15. The molecule has 0 spiro atoms. The molecule has 1 aromatic heterocycles. The van der Waals surface area contributed by atoms with Crippen LogP contribution in [0.15, 0.2) is 24.3 Å². The van der Waals surface area contributed by atoms with Gasteiger partial charge in [0, 0.05) is 17.9 Å². The van der Waals surface area contributed by atoms with E-state index in [2.05, 4.69) is 47.7 Å². The van der Waals surface area contributed by atoms with Crippen LogP contribution < -0.4 is 15.4 Å². The first-order valence-electron chi connectivity index (χ1n) is 8.50. The minimum absolute atomic E-state index is 0.0192. The second-order valence-corrected chi connectivity index (χ2v) is 8.25. The van der Waals surface area contributed by atoms with Crippen molar-refractivity contribution >= 4 is 17.4 Å². The van der Waals surface area contributed by atoms with Crippen LogP contribution >= 0.6 is 11.3 Å². The van der Waals surface area contributed by atoms with Crippen molar-refractivity contribution in [3.05, 3.63) is 39.8 Å². The van der Waals surface area contributed by atoms with Gasteiger partial charge in [-0.15, -0.1) is 10.2 Å². The second kappa shape index (κ2) is 7.39. The first-order chi connectivity index (χ1) is 11.9. The molecule has 1 atom stereocenters. The minimum atomic E-state index is -0.184. The smallest absolute Gasteiger partial charge is 0.315 e. The fourth-order valence-electron chi connectivity index (χ4n) is 2.69. The highest BCUT2D eigenvalue weighted by Crippen LogP contribution is 2.32. The van der Waals surface area contributed by atoms with E-state index in [0.717, 1.165) is 27.7 Å². The summed E-state index contributed by atoms with van der Waals surface area (Å²) in [6.45, 7) is 7.97. The van der Waals surface area contributed by atoms with Gasteiger partial charge in [-0.1, -0.05) is 50.3 Å². The first-order valence-corrected chi connectivity index (χ1v) is 9.31. The quantitative estimate of drug-likeness (QED) is 0.878. The predicted octanol–water partition coefficient (Wildman–Crippen LogP) is 3.20. The highest BCUT2D eigenvalue weighted by molar-refractivity contribution is 7.11. The average Bonchev–Trinajstić information content (AvgIpc) is 3.07. The average molecular weight is 360 g/mol. The Labute approximate surface area is 152 Å². The Balaban J connectivity index is 1.48. The normalized spacial score (nSPS) is 16.7. The maximum atomic E-state index is 12.1. The van der Waals surface area contributed by atoms with Crippen molar-refractivity contribution in [3.63, 3.8) is 0 Å². The molecule has 1 unspecified atom stereocenters. The number of carbonyl (C=O) groups is 1. The van der Waals surface area contributed by atoms with Crippen LogP contribution in [0.1, 0.15) is 48.7 Å². The number of carbonyl (C=O) groups excluding carboxylic acids is 1. The Morgan fingerprint density at radius 1 is 1.28 bits per heavy atom. The summed E-state index contributed by atoms with van der Waals surface area (Å²) >= 11 is 1.54. The van der Waals surface area contributed by atoms with Crippen molar-refractivity contribution in [2.75, 3.05) is 13.2 Å². The Kier molecular flexibility index (Phi) is 5.22. The number of fused-ring (bicyclic) bond motifs is 1. The number of para-hydroxylation sites is 1. The van der Waals surface area contributed by atoms with Crippen molar-refractivity contribution in [3.8, 4) is 5.75 Å².